The number of hydrogen-bond donors (Lipinski definition) is 4. The van der Waals surface area contributed by atoms with Crippen molar-refractivity contribution in [3.63, 3.8) is 0 Å². The molecule has 0 radical (unpaired) electrons. The summed E-state index contributed by atoms with van der Waals surface area (Å²) in [5.74, 6) is 0.902. The second kappa shape index (κ2) is 18.8. The summed E-state index contributed by atoms with van der Waals surface area (Å²) in [5, 5.41) is 0. The van der Waals surface area contributed by atoms with Crippen LogP contribution in [-0.2, 0) is 13.4 Å². The number of allylic oxidation sites excluding steroid dienone is 1. The molecule has 39 heavy (non-hydrogen) atoms. The Hall–Kier alpha value is -0.580. The molecule has 200 valence electrons. The molecule has 0 atom stereocenters. The molecular formula is C26H31NNa2O8P2. The van der Waals surface area contributed by atoms with E-state index in [1.807, 2.05) is 24.3 Å². The van der Waals surface area contributed by atoms with Crippen LogP contribution >= 0.6 is 15.6 Å². The molecule has 0 aliphatic rings. The minimum Gasteiger partial charge on any atom is -0.492 e. The van der Waals surface area contributed by atoms with Crippen molar-refractivity contribution >= 4 is 26.8 Å². The van der Waals surface area contributed by atoms with Gasteiger partial charge in [-0.2, -0.15) is 65.0 Å². The Labute approximate surface area is 274 Å². The quantitative estimate of drug-likeness (QED) is 0.0989. The van der Waals surface area contributed by atoms with Crippen LogP contribution in [0, 0.1) is 12.1 Å². The van der Waals surface area contributed by atoms with Gasteiger partial charge < -0.3 is 29.2 Å². The zero-order chi connectivity index (χ0) is 27.5. The second-order valence-corrected chi connectivity index (χ2v) is 10.6. The SMILES string of the molecule is CC/C(=C(\c1cc[c-]cc1)c1ccc(OCCN(C)C)cc1)c1cc[c-]cc1.O=P(O)(O)OP(=O)(O)O.[Na+].[Na+]. The van der Waals surface area contributed by atoms with Gasteiger partial charge in [0.05, 0.1) is 0 Å². The molecule has 0 aromatic heterocycles. The van der Waals surface area contributed by atoms with Crippen LogP contribution in [0.1, 0.15) is 30.0 Å². The molecule has 13 heteroatoms. The first-order chi connectivity index (χ1) is 17.4. The average Bonchev–Trinajstić information content (AvgIpc) is 2.82. The first kappa shape index (κ1) is 38.4. The molecule has 0 bridgehead atoms. The molecule has 0 aliphatic carbocycles. The molecule has 3 aromatic rings. The summed E-state index contributed by atoms with van der Waals surface area (Å²) in [6, 6.07) is 31.1. The van der Waals surface area contributed by atoms with E-state index in [-0.39, 0.29) is 59.1 Å². The topological polar surface area (TPSA) is 137 Å². The number of benzene rings is 3. The van der Waals surface area contributed by atoms with Gasteiger partial charge in [0.2, 0.25) is 0 Å². The number of ether oxygens (including phenoxy) is 1. The molecule has 9 nitrogen and oxygen atoms in total. The Balaban J connectivity index is 0.00000114. The Kier molecular flexibility index (Phi) is 18.5. The van der Waals surface area contributed by atoms with Crippen molar-refractivity contribution in [3.05, 3.63) is 102 Å². The van der Waals surface area contributed by atoms with Gasteiger partial charge in [-0.1, -0.05) is 24.6 Å². The van der Waals surface area contributed by atoms with E-state index in [1.54, 1.807) is 0 Å². The van der Waals surface area contributed by atoms with Gasteiger partial charge in [0.15, 0.2) is 0 Å². The first-order valence-corrected chi connectivity index (χ1v) is 14.3. The van der Waals surface area contributed by atoms with Gasteiger partial charge in [0.25, 0.3) is 0 Å². The van der Waals surface area contributed by atoms with Gasteiger partial charge in [0, 0.05) is 6.54 Å². The van der Waals surface area contributed by atoms with Crippen molar-refractivity contribution in [2.24, 2.45) is 0 Å². The van der Waals surface area contributed by atoms with Crippen LogP contribution in [0.25, 0.3) is 11.1 Å². The molecule has 3 aromatic carbocycles. The zero-order valence-corrected chi connectivity index (χ0v) is 28.6. The Morgan fingerprint density at radius 3 is 1.59 bits per heavy atom. The fourth-order valence-electron chi connectivity index (χ4n) is 3.38. The molecule has 0 amide bonds. The molecule has 0 unspecified atom stereocenters. The maximum atomic E-state index is 9.63. The Morgan fingerprint density at radius 2 is 1.21 bits per heavy atom. The second-order valence-electron chi connectivity index (χ2n) is 8.02. The van der Waals surface area contributed by atoms with E-state index in [9.17, 15) is 9.13 Å². The zero-order valence-electron chi connectivity index (χ0n) is 22.8. The number of rotatable bonds is 10. The van der Waals surface area contributed by atoms with Crippen molar-refractivity contribution in [2.45, 2.75) is 13.3 Å². The fourth-order valence-corrected chi connectivity index (χ4v) is 4.49. The summed E-state index contributed by atoms with van der Waals surface area (Å²) >= 11 is 0. The van der Waals surface area contributed by atoms with E-state index >= 15 is 0 Å². The summed E-state index contributed by atoms with van der Waals surface area (Å²) < 4.78 is 28.1. The van der Waals surface area contributed by atoms with Crippen LogP contribution in [0.4, 0.5) is 0 Å². The summed E-state index contributed by atoms with van der Waals surface area (Å²) in [6.07, 6.45) is 0.943. The summed E-state index contributed by atoms with van der Waals surface area (Å²) in [6.45, 7) is 3.79. The molecule has 0 fully saturated rings. The van der Waals surface area contributed by atoms with E-state index in [0.29, 0.717) is 6.61 Å². The molecule has 0 aliphatic heterocycles. The van der Waals surface area contributed by atoms with E-state index in [0.717, 1.165) is 18.7 Å². The van der Waals surface area contributed by atoms with E-state index < -0.39 is 15.6 Å². The van der Waals surface area contributed by atoms with Gasteiger partial charge in [-0.05, 0) is 43.8 Å². The molecule has 0 heterocycles. The maximum absolute atomic E-state index is 9.63. The van der Waals surface area contributed by atoms with Crippen molar-refractivity contribution in [3.8, 4) is 5.75 Å². The molecule has 4 N–H and O–H groups in total. The Morgan fingerprint density at radius 1 is 0.769 bits per heavy atom. The summed E-state index contributed by atoms with van der Waals surface area (Å²) in [7, 11) is -6.00. The number of nitrogens with zero attached hydrogens (tertiary/aromatic N) is 1. The van der Waals surface area contributed by atoms with Crippen molar-refractivity contribution in [2.75, 3.05) is 27.2 Å². The van der Waals surface area contributed by atoms with E-state index in [4.69, 9.17) is 24.3 Å². The van der Waals surface area contributed by atoms with Crippen molar-refractivity contribution in [1.29, 1.82) is 0 Å². The third-order valence-electron chi connectivity index (χ3n) is 4.89. The van der Waals surface area contributed by atoms with Gasteiger partial charge in [0.1, 0.15) is 12.4 Å². The number of phosphoric acid groups is 2. The molecule has 3 rings (SSSR count). The predicted octanol–water partition coefficient (Wildman–Crippen LogP) is -1.21. The first-order valence-electron chi connectivity index (χ1n) is 11.3. The van der Waals surface area contributed by atoms with Crippen LogP contribution < -0.4 is 63.9 Å². The molecule has 0 spiro atoms. The third kappa shape index (κ3) is 15.3. The fraction of sp³-hybridized carbons (Fsp3) is 0.231. The van der Waals surface area contributed by atoms with Crippen LogP contribution in [0.5, 0.6) is 5.75 Å². The van der Waals surface area contributed by atoms with Gasteiger partial charge >= 0.3 is 74.8 Å². The number of hydrogen-bond acceptors (Lipinski definition) is 5. The minimum absolute atomic E-state index is 0. The van der Waals surface area contributed by atoms with Gasteiger partial charge in [-0.25, -0.2) is 9.13 Å². The van der Waals surface area contributed by atoms with Crippen LogP contribution in [0.15, 0.2) is 72.8 Å². The number of likely N-dealkylation sites (N-methyl/N-ethyl adjacent to an activating group) is 1. The smallest absolute Gasteiger partial charge is 0.492 e. The summed E-state index contributed by atoms with van der Waals surface area (Å²) in [5.41, 5.74) is 6.19. The van der Waals surface area contributed by atoms with Crippen molar-refractivity contribution < 1.29 is 96.9 Å². The monoisotopic (exact) mass is 593 g/mol. The Bertz CT molecular complexity index is 1210. The van der Waals surface area contributed by atoms with Crippen LogP contribution in [-0.4, -0.2) is 51.7 Å². The average molecular weight is 593 g/mol. The largest absolute Gasteiger partial charge is 1.00 e. The molecular weight excluding hydrogens is 562 g/mol. The van der Waals surface area contributed by atoms with Crippen molar-refractivity contribution in [1.82, 2.24) is 4.90 Å². The van der Waals surface area contributed by atoms with Crippen LogP contribution in [0.2, 0.25) is 0 Å². The van der Waals surface area contributed by atoms with E-state index in [1.165, 1.54) is 27.8 Å². The van der Waals surface area contributed by atoms with Gasteiger partial charge in [-0.3, -0.25) is 0 Å². The normalized spacial score (nSPS) is 11.8. The minimum atomic E-state index is -5.05. The molecule has 0 saturated heterocycles. The van der Waals surface area contributed by atoms with Gasteiger partial charge in [-0.15, -0.1) is 11.1 Å². The third-order valence-corrected chi connectivity index (χ3v) is 6.59. The maximum Gasteiger partial charge on any atom is 1.00 e. The van der Waals surface area contributed by atoms with E-state index in [2.05, 4.69) is 90.9 Å². The molecule has 0 saturated carbocycles. The standard InChI is InChI=1S/C26H27NO.2Na.H4O7P2/c1-4-25(21-11-7-5-8-12-21)26(22-13-9-6-10-14-22)23-15-17-24(18-16-23)28-20-19-27(2)3;;;1-8(2,3)7-9(4,5)6/h7-18H,4,19-20H2,1-3H3;;;(H2,1,2,3)(H2,4,5,6)/q-2;2*+1;/b26-25-;;;. The van der Waals surface area contributed by atoms with Crippen LogP contribution in [0.3, 0.4) is 0 Å². The summed E-state index contributed by atoms with van der Waals surface area (Å²) in [4.78, 5) is 33.1. The predicted molar refractivity (Wildman–Crippen MR) is 142 cm³/mol.